The zero-order chi connectivity index (χ0) is 17.4. The first-order valence-electron chi connectivity index (χ1n) is 8.30. The predicted molar refractivity (Wildman–Crippen MR) is 93.5 cm³/mol. The molecule has 0 spiro atoms. The summed E-state index contributed by atoms with van der Waals surface area (Å²) in [5.41, 5.74) is 0. The van der Waals surface area contributed by atoms with Crippen LogP contribution in [-0.4, -0.2) is 23.9 Å². The van der Waals surface area contributed by atoms with Gasteiger partial charge in [-0.15, -0.1) is 11.6 Å². The third-order valence-corrected chi connectivity index (χ3v) is 4.87. The molecule has 1 saturated carbocycles. The Labute approximate surface area is 152 Å². The van der Waals surface area contributed by atoms with Crippen molar-refractivity contribution in [2.24, 2.45) is 5.92 Å². The SMILES string of the molecule is O=C(CCCC(=O)Oc1cccc(Cl)c1)OCC1CCCCC1Cl. The zero-order valence-corrected chi connectivity index (χ0v) is 15.0. The van der Waals surface area contributed by atoms with E-state index in [1.165, 1.54) is 0 Å². The fourth-order valence-electron chi connectivity index (χ4n) is 2.71. The number of carbonyl (C=O) groups excluding carboxylic acids is 2. The van der Waals surface area contributed by atoms with E-state index in [2.05, 4.69) is 0 Å². The molecule has 6 heteroatoms. The molecule has 2 unspecified atom stereocenters. The molecule has 0 radical (unpaired) electrons. The van der Waals surface area contributed by atoms with Crippen molar-refractivity contribution < 1.29 is 19.1 Å². The topological polar surface area (TPSA) is 52.6 Å². The van der Waals surface area contributed by atoms with E-state index in [9.17, 15) is 9.59 Å². The zero-order valence-electron chi connectivity index (χ0n) is 13.5. The Morgan fingerprint density at radius 2 is 1.88 bits per heavy atom. The largest absolute Gasteiger partial charge is 0.465 e. The molecule has 1 aromatic rings. The summed E-state index contributed by atoms with van der Waals surface area (Å²) < 4.78 is 10.4. The Kier molecular flexibility index (Phi) is 7.86. The number of halogens is 2. The highest BCUT2D eigenvalue weighted by molar-refractivity contribution is 6.30. The van der Waals surface area contributed by atoms with E-state index < -0.39 is 5.97 Å². The number of alkyl halides is 1. The van der Waals surface area contributed by atoms with E-state index in [4.69, 9.17) is 32.7 Å². The van der Waals surface area contributed by atoms with Gasteiger partial charge in [-0.2, -0.15) is 0 Å². The molecule has 1 fully saturated rings. The lowest BCUT2D eigenvalue weighted by Crippen LogP contribution is -2.25. The standard InChI is InChI=1S/C18H22Cl2O4/c19-14-6-3-7-15(11-14)24-18(22)10-4-9-17(21)23-12-13-5-1-2-8-16(13)20/h3,6-7,11,13,16H,1-2,4-5,8-10,12H2. The van der Waals surface area contributed by atoms with Gasteiger partial charge in [0.15, 0.2) is 0 Å². The summed E-state index contributed by atoms with van der Waals surface area (Å²) in [5, 5.41) is 0.600. The van der Waals surface area contributed by atoms with Gasteiger partial charge in [-0.05, 0) is 37.5 Å². The summed E-state index contributed by atoms with van der Waals surface area (Å²) in [6.07, 6.45) is 5.03. The highest BCUT2D eigenvalue weighted by Crippen LogP contribution is 2.28. The molecule has 4 nitrogen and oxygen atoms in total. The van der Waals surface area contributed by atoms with Crippen molar-refractivity contribution in [2.45, 2.75) is 50.3 Å². The van der Waals surface area contributed by atoms with Gasteiger partial charge in [-0.3, -0.25) is 9.59 Å². The first-order valence-corrected chi connectivity index (χ1v) is 9.12. The number of esters is 2. The lowest BCUT2D eigenvalue weighted by molar-refractivity contribution is -0.145. The highest BCUT2D eigenvalue weighted by atomic mass is 35.5. The second-order valence-electron chi connectivity index (χ2n) is 6.03. The molecule has 0 bridgehead atoms. The predicted octanol–water partition coefficient (Wildman–Crippen LogP) is 4.76. The van der Waals surface area contributed by atoms with E-state index in [0.717, 1.165) is 25.7 Å². The third kappa shape index (κ3) is 6.70. The van der Waals surface area contributed by atoms with E-state index in [1.54, 1.807) is 24.3 Å². The highest BCUT2D eigenvalue weighted by Gasteiger charge is 2.24. The van der Waals surface area contributed by atoms with Crippen molar-refractivity contribution >= 4 is 35.1 Å². The van der Waals surface area contributed by atoms with Crippen LogP contribution in [0.5, 0.6) is 5.75 Å². The van der Waals surface area contributed by atoms with Crippen molar-refractivity contribution in [2.75, 3.05) is 6.61 Å². The Morgan fingerprint density at radius 1 is 1.12 bits per heavy atom. The number of rotatable bonds is 7. The van der Waals surface area contributed by atoms with Crippen LogP contribution < -0.4 is 4.74 Å². The van der Waals surface area contributed by atoms with Crippen LogP contribution in [0.3, 0.4) is 0 Å². The van der Waals surface area contributed by atoms with E-state index >= 15 is 0 Å². The maximum atomic E-state index is 11.7. The Bertz CT molecular complexity index is 562. The molecule has 2 atom stereocenters. The first-order chi connectivity index (χ1) is 11.5. The van der Waals surface area contributed by atoms with Gasteiger partial charge >= 0.3 is 11.9 Å². The van der Waals surface area contributed by atoms with Crippen LogP contribution >= 0.6 is 23.2 Å². The summed E-state index contributed by atoms with van der Waals surface area (Å²) in [4.78, 5) is 23.5. The van der Waals surface area contributed by atoms with Gasteiger partial charge in [0.1, 0.15) is 5.75 Å². The smallest absolute Gasteiger partial charge is 0.311 e. The van der Waals surface area contributed by atoms with Crippen LogP contribution in [0.15, 0.2) is 24.3 Å². The molecule has 24 heavy (non-hydrogen) atoms. The molecule has 1 aliphatic carbocycles. The molecule has 0 aromatic heterocycles. The maximum Gasteiger partial charge on any atom is 0.311 e. The van der Waals surface area contributed by atoms with Gasteiger partial charge in [-0.25, -0.2) is 0 Å². The summed E-state index contributed by atoms with van der Waals surface area (Å²) in [7, 11) is 0. The first kappa shape index (κ1) is 19.1. The van der Waals surface area contributed by atoms with Crippen molar-refractivity contribution in [1.29, 1.82) is 0 Å². The normalized spacial score (nSPS) is 20.4. The molecular weight excluding hydrogens is 351 g/mol. The Morgan fingerprint density at radius 3 is 2.62 bits per heavy atom. The molecule has 0 amide bonds. The summed E-state index contributed by atoms with van der Waals surface area (Å²) in [5.74, 6) is -0.0316. The van der Waals surface area contributed by atoms with Crippen molar-refractivity contribution in [3.63, 3.8) is 0 Å². The summed E-state index contributed by atoms with van der Waals surface area (Å²) >= 11 is 12.1. The van der Waals surface area contributed by atoms with Crippen LogP contribution in [0.2, 0.25) is 5.02 Å². The maximum absolute atomic E-state index is 11.7. The molecule has 132 valence electrons. The molecule has 0 saturated heterocycles. The number of hydrogen-bond donors (Lipinski definition) is 0. The molecule has 0 N–H and O–H groups in total. The number of hydrogen-bond acceptors (Lipinski definition) is 4. The molecule has 0 heterocycles. The minimum absolute atomic E-state index is 0.0965. The number of ether oxygens (including phenoxy) is 2. The second-order valence-corrected chi connectivity index (χ2v) is 7.03. The number of carbonyl (C=O) groups is 2. The van der Waals surface area contributed by atoms with Crippen LogP contribution in [0.1, 0.15) is 44.9 Å². The van der Waals surface area contributed by atoms with Crippen molar-refractivity contribution in [3.05, 3.63) is 29.3 Å². The minimum atomic E-state index is -0.391. The van der Waals surface area contributed by atoms with Gasteiger partial charge in [-0.1, -0.05) is 30.5 Å². The van der Waals surface area contributed by atoms with Gasteiger partial charge < -0.3 is 9.47 Å². The van der Waals surface area contributed by atoms with Crippen molar-refractivity contribution in [1.82, 2.24) is 0 Å². The molecule has 1 aromatic carbocycles. The monoisotopic (exact) mass is 372 g/mol. The van der Waals surface area contributed by atoms with Crippen molar-refractivity contribution in [3.8, 4) is 5.75 Å². The second kappa shape index (κ2) is 9.90. The third-order valence-electron chi connectivity index (χ3n) is 4.06. The van der Waals surface area contributed by atoms with Gasteiger partial charge in [0.05, 0.1) is 6.61 Å². The van der Waals surface area contributed by atoms with Crippen LogP contribution in [0.4, 0.5) is 0 Å². The van der Waals surface area contributed by atoms with Gasteiger partial charge in [0.25, 0.3) is 0 Å². The molecule has 1 aliphatic rings. The quantitative estimate of drug-likeness (QED) is 0.393. The molecule has 0 aliphatic heterocycles. The van der Waals surface area contributed by atoms with Crippen LogP contribution in [-0.2, 0) is 14.3 Å². The average Bonchev–Trinajstić information content (AvgIpc) is 2.54. The van der Waals surface area contributed by atoms with Crippen LogP contribution in [0.25, 0.3) is 0 Å². The Hall–Kier alpha value is -1.26. The molecule has 2 rings (SSSR count). The van der Waals surface area contributed by atoms with E-state index in [1.807, 2.05) is 0 Å². The lowest BCUT2D eigenvalue weighted by Gasteiger charge is -2.26. The minimum Gasteiger partial charge on any atom is -0.465 e. The fraction of sp³-hybridized carbons (Fsp3) is 0.556. The van der Waals surface area contributed by atoms with Gasteiger partial charge in [0, 0.05) is 29.2 Å². The van der Waals surface area contributed by atoms with E-state index in [-0.39, 0.29) is 30.1 Å². The number of benzene rings is 1. The lowest BCUT2D eigenvalue weighted by atomic mass is 9.89. The summed E-state index contributed by atoms with van der Waals surface area (Å²) in [6, 6.07) is 6.63. The molecular formula is C18H22Cl2O4. The van der Waals surface area contributed by atoms with E-state index in [0.29, 0.717) is 23.8 Å². The fourth-order valence-corrected chi connectivity index (χ4v) is 3.25. The summed E-state index contributed by atoms with van der Waals surface area (Å²) in [6.45, 7) is 0.375. The average molecular weight is 373 g/mol. The Balaban J connectivity index is 1.60. The van der Waals surface area contributed by atoms with Crippen LogP contribution in [0, 0.1) is 5.92 Å². The van der Waals surface area contributed by atoms with Gasteiger partial charge in [0.2, 0.25) is 0 Å².